The third-order valence-electron chi connectivity index (χ3n) is 5.51. The van der Waals surface area contributed by atoms with Crippen LogP contribution in [0.4, 0.5) is 10.5 Å². The van der Waals surface area contributed by atoms with Gasteiger partial charge in [-0.1, -0.05) is 28.1 Å². The minimum Gasteiger partial charge on any atom is -0.494 e. The summed E-state index contributed by atoms with van der Waals surface area (Å²) < 4.78 is 19.6. The van der Waals surface area contributed by atoms with E-state index in [1.807, 2.05) is 31.2 Å². The van der Waals surface area contributed by atoms with Gasteiger partial charge in [-0.3, -0.25) is 14.9 Å². The van der Waals surface area contributed by atoms with Crippen molar-refractivity contribution in [1.29, 1.82) is 0 Å². The van der Waals surface area contributed by atoms with Crippen LogP contribution < -0.4 is 24.4 Å². The van der Waals surface area contributed by atoms with Crippen LogP contribution in [0.25, 0.3) is 6.08 Å². The topological polar surface area (TPSA) is 94.2 Å². The van der Waals surface area contributed by atoms with E-state index in [9.17, 15) is 14.4 Å². The standard InChI is InChI=1S/C28H23Br2IN2O6/c1-3-37-19-9-10-24(38-4-2)23(14-19)33-27(35)20(26(34)32-28(33)36)11-17-12-21(30)25(22(31)13-17)39-15-16-5-7-18(29)8-6-16/h5-14H,3-4,15H2,1-2H3,(H,32,34,36)/b20-11+. The Bertz CT molecular complexity index is 1440. The molecule has 1 aliphatic rings. The van der Waals surface area contributed by atoms with Crippen molar-refractivity contribution in [3.05, 3.63) is 83.8 Å². The highest BCUT2D eigenvalue weighted by Crippen LogP contribution is 2.36. The molecular weight excluding hydrogens is 747 g/mol. The van der Waals surface area contributed by atoms with E-state index in [0.29, 0.717) is 47.1 Å². The second kappa shape index (κ2) is 13.0. The number of carbonyl (C=O) groups excluding carboxylic acids is 3. The maximum atomic E-state index is 13.5. The fourth-order valence-electron chi connectivity index (χ4n) is 3.79. The van der Waals surface area contributed by atoms with Gasteiger partial charge >= 0.3 is 6.03 Å². The zero-order valence-corrected chi connectivity index (χ0v) is 26.3. The molecule has 4 rings (SSSR count). The molecule has 11 heteroatoms. The molecule has 0 bridgehead atoms. The number of nitrogens with one attached hydrogen (secondary N) is 1. The normalized spacial score (nSPS) is 14.4. The van der Waals surface area contributed by atoms with Gasteiger partial charge in [0.05, 0.1) is 26.9 Å². The smallest absolute Gasteiger partial charge is 0.336 e. The summed E-state index contributed by atoms with van der Waals surface area (Å²) in [4.78, 5) is 40.0. The van der Waals surface area contributed by atoms with Crippen molar-refractivity contribution in [3.8, 4) is 17.2 Å². The number of nitrogens with zero attached hydrogens (tertiary/aromatic N) is 1. The third kappa shape index (κ3) is 6.82. The molecule has 0 spiro atoms. The van der Waals surface area contributed by atoms with E-state index < -0.39 is 17.8 Å². The van der Waals surface area contributed by atoms with Gasteiger partial charge < -0.3 is 14.2 Å². The maximum absolute atomic E-state index is 13.5. The summed E-state index contributed by atoms with van der Waals surface area (Å²) in [7, 11) is 0. The second-order valence-corrected chi connectivity index (χ2v) is 11.1. The number of anilines is 1. The highest BCUT2D eigenvalue weighted by molar-refractivity contribution is 14.1. The number of hydrogen-bond donors (Lipinski definition) is 1. The average Bonchev–Trinajstić information content (AvgIpc) is 2.89. The van der Waals surface area contributed by atoms with Crippen molar-refractivity contribution < 1.29 is 28.6 Å². The molecule has 4 amide bonds. The number of rotatable bonds is 9. The summed E-state index contributed by atoms with van der Waals surface area (Å²) in [5, 5.41) is 2.25. The lowest BCUT2D eigenvalue weighted by Gasteiger charge is -2.28. The van der Waals surface area contributed by atoms with Crippen LogP contribution in [0, 0.1) is 3.57 Å². The minimum atomic E-state index is -0.871. The van der Waals surface area contributed by atoms with E-state index >= 15 is 0 Å². The van der Waals surface area contributed by atoms with E-state index in [2.05, 4.69) is 59.8 Å². The largest absolute Gasteiger partial charge is 0.494 e. The maximum Gasteiger partial charge on any atom is 0.336 e. The van der Waals surface area contributed by atoms with Crippen LogP contribution in [0.1, 0.15) is 25.0 Å². The minimum absolute atomic E-state index is 0.177. The van der Waals surface area contributed by atoms with E-state index in [1.165, 1.54) is 12.1 Å². The first kappa shape index (κ1) is 29.1. The predicted molar refractivity (Wildman–Crippen MR) is 163 cm³/mol. The van der Waals surface area contributed by atoms with Gasteiger partial charge in [-0.15, -0.1) is 0 Å². The van der Waals surface area contributed by atoms with Crippen molar-refractivity contribution in [2.75, 3.05) is 18.1 Å². The number of hydrogen-bond acceptors (Lipinski definition) is 6. The number of amides is 4. The molecular formula is C28H23Br2IN2O6. The number of barbiturate groups is 1. The van der Waals surface area contributed by atoms with E-state index in [1.54, 1.807) is 31.2 Å². The van der Waals surface area contributed by atoms with E-state index in [-0.39, 0.29) is 11.3 Å². The molecule has 202 valence electrons. The summed E-state index contributed by atoms with van der Waals surface area (Å²) in [5.74, 6) is -0.174. The lowest BCUT2D eigenvalue weighted by atomic mass is 10.1. The van der Waals surface area contributed by atoms with Gasteiger partial charge in [0.2, 0.25) is 0 Å². The van der Waals surface area contributed by atoms with Gasteiger partial charge in [-0.25, -0.2) is 9.69 Å². The molecule has 0 aromatic heterocycles. The van der Waals surface area contributed by atoms with Crippen molar-refractivity contribution >= 4 is 84.1 Å². The van der Waals surface area contributed by atoms with Gasteiger partial charge in [0.15, 0.2) is 0 Å². The van der Waals surface area contributed by atoms with Crippen molar-refractivity contribution in [3.63, 3.8) is 0 Å². The monoisotopic (exact) mass is 768 g/mol. The molecule has 8 nitrogen and oxygen atoms in total. The average molecular weight is 770 g/mol. The first-order valence-corrected chi connectivity index (χ1v) is 14.6. The number of urea groups is 1. The molecule has 0 aliphatic carbocycles. The van der Waals surface area contributed by atoms with Crippen molar-refractivity contribution in [1.82, 2.24) is 5.32 Å². The van der Waals surface area contributed by atoms with Crippen LogP contribution in [-0.4, -0.2) is 31.1 Å². The van der Waals surface area contributed by atoms with Crippen LogP contribution >= 0.6 is 54.5 Å². The highest BCUT2D eigenvalue weighted by Gasteiger charge is 2.38. The molecule has 1 fully saturated rings. The summed E-state index contributed by atoms with van der Waals surface area (Å²) in [5.41, 5.74) is 1.55. The molecule has 1 saturated heterocycles. The van der Waals surface area contributed by atoms with Gasteiger partial charge in [0, 0.05) is 10.5 Å². The summed E-state index contributed by atoms with van der Waals surface area (Å²) in [6.07, 6.45) is 1.44. The lowest BCUT2D eigenvalue weighted by Crippen LogP contribution is -2.54. The van der Waals surface area contributed by atoms with E-state index in [4.69, 9.17) is 14.2 Å². The first-order chi connectivity index (χ1) is 18.7. The Morgan fingerprint density at radius 1 is 0.923 bits per heavy atom. The summed E-state index contributed by atoms with van der Waals surface area (Å²) in [6.45, 7) is 4.69. The molecule has 1 heterocycles. The zero-order valence-electron chi connectivity index (χ0n) is 20.9. The molecule has 0 saturated carbocycles. The summed E-state index contributed by atoms with van der Waals surface area (Å²) in [6, 6.07) is 15.3. The Hall–Kier alpha value is -2.90. The molecule has 0 unspecified atom stereocenters. The lowest BCUT2D eigenvalue weighted by molar-refractivity contribution is -0.122. The Labute approximate surface area is 256 Å². The van der Waals surface area contributed by atoms with Gasteiger partial charge in [0.1, 0.15) is 29.4 Å². The molecule has 0 atom stereocenters. The van der Waals surface area contributed by atoms with Gasteiger partial charge in [0.25, 0.3) is 11.8 Å². The quantitative estimate of drug-likeness (QED) is 0.145. The number of ether oxygens (including phenoxy) is 3. The summed E-state index contributed by atoms with van der Waals surface area (Å²) >= 11 is 9.09. The number of benzene rings is 3. The molecule has 0 radical (unpaired) electrons. The second-order valence-electron chi connectivity index (χ2n) is 8.18. The Kier molecular flexibility index (Phi) is 9.67. The van der Waals surface area contributed by atoms with Crippen molar-refractivity contribution in [2.45, 2.75) is 20.5 Å². The Morgan fingerprint density at radius 3 is 2.31 bits per heavy atom. The SMILES string of the molecule is CCOc1ccc(OCC)c(N2C(=O)NC(=O)/C(=C\c3cc(Br)c(OCc4ccc(Br)cc4)c(I)c3)C2=O)c1. The number of carbonyl (C=O) groups is 3. The molecule has 39 heavy (non-hydrogen) atoms. The van der Waals surface area contributed by atoms with Crippen LogP contribution in [0.15, 0.2) is 69.1 Å². The predicted octanol–water partition coefficient (Wildman–Crippen LogP) is 6.86. The molecule has 3 aromatic rings. The number of imide groups is 2. The Balaban J connectivity index is 1.64. The first-order valence-electron chi connectivity index (χ1n) is 11.9. The van der Waals surface area contributed by atoms with Gasteiger partial charge in [-0.05, 0) is 106 Å². The van der Waals surface area contributed by atoms with Crippen LogP contribution in [-0.2, 0) is 16.2 Å². The molecule has 1 aliphatic heterocycles. The fourth-order valence-corrected chi connectivity index (χ4v) is 5.82. The van der Waals surface area contributed by atoms with Gasteiger partial charge in [-0.2, -0.15) is 0 Å². The van der Waals surface area contributed by atoms with Crippen LogP contribution in [0.2, 0.25) is 0 Å². The molecule has 1 N–H and O–H groups in total. The van der Waals surface area contributed by atoms with E-state index in [0.717, 1.165) is 18.5 Å². The zero-order chi connectivity index (χ0) is 28.1. The molecule has 3 aromatic carbocycles. The van der Waals surface area contributed by atoms with Crippen LogP contribution in [0.3, 0.4) is 0 Å². The fraction of sp³-hybridized carbons (Fsp3) is 0.179. The van der Waals surface area contributed by atoms with Crippen LogP contribution in [0.5, 0.6) is 17.2 Å². The third-order valence-corrected chi connectivity index (χ3v) is 7.43. The number of halogens is 3. The highest BCUT2D eigenvalue weighted by atomic mass is 127. The van der Waals surface area contributed by atoms with Crippen molar-refractivity contribution in [2.24, 2.45) is 0 Å². The Morgan fingerprint density at radius 2 is 1.64 bits per heavy atom.